The van der Waals surface area contributed by atoms with Gasteiger partial charge in [0.1, 0.15) is 11.3 Å². The molecule has 0 atom stereocenters. The van der Waals surface area contributed by atoms with Crippen LogP contribution in [-0.4, -0.2) is 61.9 Å². The Morgan fingerprint density at radius 1 is 0.453 bits per heavy atom. The van der Waals surface area contributed by atoms with Crippen molar-refractivity contribution < 1.29 is 0 Å². The number of benzene rings is 4. The van der Waals surface area contributed by atoms with Crippen molar-refractivity contribution >= 4 is 91.4 Å². The predicted octanol–water partition coefficient (Wildman–Crippen LogP) is 15.3. The third kappa shape index (κ3) is 9.35. The molecule has 2 aliphatic rings. The van der Waals surface area contributed by atoms with Crippen molar-refractivity contribution in [1.82, 2.24) is 38.9 Å². The van der Waals surface area contributed by atoms with Crippen molar-refractivity contribution in [3.63, 3.8) is 0 Å². The Balaban J connectivity index is 1.42. The van der Waals surface area contributed by atoms with E-state index in [1.807, 2.05) is 35.3 Å². The maximum absolute atomic E-state index is 5.54. The predicted molar refractivity (Wildman–Crippen MR) is 278 cm³/mol. The summed E-state index contributed by atoms with van der Waals surface area (Å²) in [6, 6.07) is 27.6. The average molecular weight is 923 g/mol. The summed E-state index contributed by atoms with van der Waals surface area (Å²) in [5, 5.41) is 4.17. The normalized spacial score (nSPS) is 12.4. The second-order valence-corrected chi connectivity index (χ2v) is 22.8. The van der Waals surface area contributed by atoms with Gasteiger partial charge in [-0.05, 0) is 84.6 Å². The van der Waals surface area contributed by atoms with E-state index in [1.165, 1.54) is 14.7 Å². The molecule has 5 heterocycles. The van der Waals surface area contributed by atoms with Gasteiger partial charge in [-0.3, -0.25) is 3.97 Å². The van der Waals surface area contributed by atoms with Crippen LogP contribution in [0, 0.1) is 23.7 Å². The van der Waals surface area contributed by atoms with E-state index < -0.39 is 0 Å². The van der Waals surface area contributed by atoms with Gasteiger partial charge in [0, 0.05) is 64.2 Å². The first-order valence-electron chi connectivity index (χ1n) is 22.9. The maximum atomic E-state index is 5.54. The number of fused-ring (bicyclic) bond motifs is 20. The Bertz CT molecular complexity index is 3010. The molecule has 0 amide bonds. The molecule has 0 fully saturated rings. The fraction of sp³-hybridized carbons (Fsp3) is 0.385. The highest BCUT2D eigenvalue weighted by Crippen LogP contribution is 2.47. The summed E-state index contributed by atoms with van der Waals surface area (Å²) in [7, 11) is 0. The van der Waals surface area contributed by atoms with Gasteiger partial charge in [0.05, 0.1) is 0 Å². The molecular weight excluding hydrogens is 865 g/mol. The van der Waals surface area contributed by atoms with Crippen molar-refractivity contribution in [1.29, 1.82) is 0 Å². The largest absolute Gasteiger partial charge is 0.324 e. The number of hydrogen-bond donors (Lipinski definition) is 1. The van der Waals surface area contributed by atoms with E-state index in [1.54, 1.807) is 11.9 Å². The number of nitrogens with one attached hydrogen (secondary N) is 1. The van der Waals surface area contributed by atoms with Crippen LogP contribution in [0.1, 0.15) is 81.1 Å². The number of thioether (sulfide) groups is 3. The molecule has 8 nitrogen and oxygen atoms in total. The number of aromatic amines is 1. The van der Waals surface area contributed by atoms with Crippen molar-refractivity contribution in [2.45, 2.75) is 95.8 Å². The van der Waals surface area contributed by atoms with Gasteiger partial charge in [-0.1, -0.05) is 128 Å². The quantitative estimate of drug-likeness (QED) is 0.0944. The summed E-state index contributed by atoms with van der Waals surface area (Å²) in [6.07, 6.45) is 4.46. The minimum absolute atomic E-state index is 0.556. The molecule has 0 aliphatic carbocycles. The molecule has 1 N–H and O–H groups in total. The fourth-order valence-electron chi connectivity index (χ4n) is 7.88. The molecule has 0 unspecified atom stereocenters. The first-order chi connectivity index (χ1) is 31.0. The van der Waals surface area contributed by atoms with Gasteiger partial charge >= 0.3 is 0 Å². The molecule has 3 aromatic heterocycles. The van der Waals surface area contributed by atoms with E-state index in [0.29, 0.717) is 47.0 Å². The molecular formula is C52H58N8S4. The van der Waals surface area contributed by atoms with E-state index >= 15 is 0 Å². The number of rotatable bonds is 16. The molecule has 4 aromatic carbocycles. The lowest BCUT2D eigenvalue weighted by atomic mass is 10.1. The monoisotopic (exact) mass is 922 g/mol. The topological polar surface area (TPSA) is 98.1 Å². The number of nitrogens with zero attached hydrogens (tertiary/aromatic N) is 7. The summed E-state index contributed by atoms with van der Waals surface area (Å²) in [4.78, 5) is 40.4. The van der Waals surface area contributed by atoms with Crippen LogP contribution in [0.15, 0.2) is 93.5 Å². The molecule has 7 aromatic rings. The summed E-state index contributed by atoms with van der Waals surface area (Å²) in [5.74, 6) is 8.95. The van der Waals surface area contributed by atoms with Crippen molar-refractivity contribution in [3.8, 4) is 45.6 Å². The highest BCUT2D eigenvalue weighted by Gasteiger charge is 2.26. The molecule has 0 saturated carbocycles. The highest BCUT2D eigenvalue weighted by atomic mass is 32.2. The molecule has 0 saturated heterocycles. The van der Waals surface area contributed by atoms with Crippen molar-refractivity contribution in [2.24, 2.45) is 23.7 Å². The Kier molecular flexibility index (Phi) is 13.7. The lowest BCUT2D eigenvalue weighted by Gasteiger charge is -2.17. The molecule has 12 heteroatoms. The van der Waals surface area contributed by atoms with Gasteiger partial charge in [-0.2, -0.15) is 0 Å². The van der Waals surface area contributed by atoms with Crippen LogP contribution in [0.2, 0.25) is 0 Å². The van der Waals surface area contributed by atoms with E-state index in [0.717, 1.165) is 115 Å². The fourth-order valence-corrected chi connectivity index (χ4v) is 13.8. The number of hydrogen-bond acceptors (Lipinski definition) is 10. The summed E-state index contributed by atoms with van der Waals surface area (Å²) < 4.78 is 2.21. The van der Waals surface area contributed by atoms with Gasteiger partial charge in [0.2, 0.25) is 0 Å². The average Bonchev–Trinajstić information content (AvgIpc) is 3.98. The van der Waals surface area contributed by atoms with Crippen molar-refractivity contribution in [3.05, 3.63) is 78.9 Å². The molecule has 8 bridgehead atoms. The zero-order valence-corrected chi connectivity index (χ0v) is 41.5. The molecule has 0 spiro atoms. The lowest BCUT2D eigenvalue weighted by molar-refractivity contribution is 0.631. The van der Waals surface area contributed by atoms with E-state index in [2.05, 4.69) is 143 Å². The molecule has 9 rings (SSSR count). The van der Waals surface area contributed by atoms with Gasteiger partial charge in [0.25, 0.3) is 0 Å². The number of H-pyrrole nitrogens is 1. The van der Waals surface area contributed by atoms with E-state index in [4.69, 9.17) is 29.9 Å². The standard InChI is InChI=1S/C52H58N8S4/c1-30(2)21-25-61-41-29-40-42(44(63-27-23-32(5)6)43(41)62-26-22-31(3)4)50-56-46-35-16-10-12-18-37(35)48(54-46)59-52-39-20-14-13-19-38(39)51(60(52)64-28-24-33(7)8)58-47-36-17-11-9-15-34(36)45(53-47)55-49(40)57-50/h9-20,29-33H,21-28H2,1-8H3,(H,53,54,55,56,57,58,59). The lowest BCUT2D eigenvalue weighted by Crippen LogP contribution is -1.96. The number of aromatic nitrogens is 8. The van der Waals surface area contributed by atoms with Crippen molar-refractivity contribution in [2.75, 3.05) is 23.0 Å². The van der Waals surface area contributed by atoms with E-state index in [-0.39, 0.29) is 0 Å². The Hall–Kier alpha value is -4.36. The second-order valence-electron chi connectivity index (χ2n) is 18.4. The molecule has 2 aliphatic heterocycles. The molecule has 64 heavy (non-hydrogen) atoms. The first kappa shape index (κ1) is 44.8. The maximum Gasteiger partial charge on any atom is 0.164 e. The summed E-state index contributed by atoms with van der Waals surface area (Å²) >= 11 is 7.70. The van der Waals surface area contributed by atoms with Crippen LogP contribution in [0.3, 0.4) is 0 Å². The van der Waals surface area contributed by atoms with Crippen LogP contribution in [0.4, 0.5) is 0 Å². The Morgan fingerprint density at radius 3 is 1.38 bits per heavy atom. The zero-order valence-electron chi connectivity index (χ0n) is 38.2. The smallest absolute Gasteiger partial charge is 0.164 e. The molecule has 0 radical (unpaired) electrons. The van der Waals surface area contributed by atoms with E-state index in [9.17, 15) is 0 Å². The highest BCUT2D eigenvalue weighted by molar-refractivity contribution is 8.04. The summed E-state index contributed by atoms with van der Waals surface area (Å²) in [5.41, 5.74) is 6.96. The second kappa shape index (κ2) is 19.6. The Labute approximate surface area is 394 Å². The van der Waals surface area contributed by atoms with Gasteiger partial charge in [-0.15, -0.1) is 35.3 Å². The summed E-state index contributed by atoms with van der Waals surface area (Å²) in [6.45, 7) is 18.4. The SMILES string of the molecule is CC(C)CCSc1cc2c3nc4nc(nc5c6ccccc6c(nc6nc(nc([nH]3)c2c(SCCC(C)C)c1SCCC(C)C)-c1ccccc1-6)n5SCCC(C)C)-c1ccccc1-4. The van der Waals surface area contributed by atoms with Crippen LogP contribution >= 0.6 is 47.2 Å². The van der Waals surface area contributed by atoms with Gasteiger partial charge in [0.15, 0.2) is 34.6 Å². The van der Waals surface area contributed by atoms with Crippen LogP contribution < -0.4 is 0 Å². The van der Waals surface area contributed by atoms with Gasteiger partial charge < -0.3 is 4.98 Å². The Morgan fingerprint density at radius 2 is 0.875 bits per heavy atom. The minimum atomic E-state index is 0.556. The van der Waals surface area contributed by atoms with Crippen LogP contribution in [-0.2, 0) is 0 Å². The third-order valence-corrected chi connectivity index (χ3v) is 16.2. The first-order valence-corrected chi connectivity index (χ1v) is 26.8. The zero-order chi connectivity index (χ0) is 44.5. The molecule has 330 valence electrons. The van der Waals surface area contributed by atoms with Gasteiger partial charge in [-0.25, -0.2) is 29.9 Å². The van der Waals surface area contributed by atoms with Crippen LogP contribution in [0.25, 0.3) is 89.7 Å². The minimum Gasteiger partial charge on any atom is -0.324 e. The van der Waals surface area contributed by atoms with Crippen LogP contribution in [0.5, 0.6) is 0 Å². The third-order valence-electron chi connectivity index (χ3n) is 11.6.